The number of nitrogens with two attached hydrogens (primary N) is 2. The molecule has 2 aromatic rings. The van der Waals surface area contributed by atoms with E-state index in [1.807, 2.05) is 18.3 Å². The van der Waals surface area contributed by atoms with Crippen LogP contribution in [-0.2, 0) is 22.6 Å². The summed E-state index contributed by atoms with van der Waals surface area (Å²) in [6.45, 7) is 12.6. The predicted molar refractivity (Wildman–Crippen MR) is 148 cm³/mol. The van der Waals surface area contributed by atoms with Crippen molar-refractivity contribution in [3.63, 3.8) is 0 Å². The first-order chi connectivity index (χ1) is 17.5. The van der Waals surface area contributed by atoms with Crippen LogP contribution in [0.4, 0.5) is 0 Å². The standard InChI is InChI=1S/C28H45N5O3/c1-5-7-8-14-31-28(32-26(30)9-6-2)27-22(3)12-15-33(27)20-24-11-10-23(19-25(24)34-4)21-36-18-17-35-16-13-29/h10-12,15,19,31H,3,5-9,13-14,16-18,20-21,29H2,1-2,4H3,(H2,30,32)/b28-27+. The van der Waals surface area contributed by atoms with Crippen LogP contribution in [0, 0.1) is 0 Å². The number of aromatic nitrogens is 1. The molecule has 200 valence electrons. The third-order valence-electron chi connectivity index (χ3n) is 5.70. The zero-order chi connectivity index (χ0) is 26.2. The maximum atomic E-state index is 6.22. The molecule has 2 rings (SSSR count). The average Bonchev–Trinajstić information content (AvgIpc) is 3.23. The van der Waals surface area contributed by atoms with Gasteiger partial charge in [-0.2, -0.15) is 0 Å². The van der Waals surface area contributed by atoms with E-state index in [9.17, 15) is 0 Å². The highest BCUT2D eigenvalue weighted by Crippen LogP contribution is 2.21. The van der Waals surface area contributed by atoms with Gasteiger partial charge in [0, 0.05) is 31.3 Å². The van der Waals surface area contributed by atoms with Gasteiger partial charge in [-0.1, -0.05) is 45.4 Å². The minimum absolute atomic E-state index is 0.492. The first kappa shape index (κ1) is 29.4. The van der Waals surface area contributed by atoms with Crippen LogP contribution < -0.4 is 32.1 Å². The molecular formula is C28H45N5O3. The number of rotatable bonds is 18. The van der Waals surface area contributed by atoms with E-state index >= 15 is 0 Å². The topological polar surface area (TPSA) is 109 Å². The quantitative estimate of drug-likeness (QED) is 0.165. The van der Waals surface area contributed by atoms with Crippen LogP contribution in [0.15, 0.2) is 35.5 Å². The van der Waals surface area contributed by atoms with Crippen LogP contribution >= 0.6 is 0 Å². The van der Waals surface area contributed by atoms with E-state index in [2.05, 4.69) is 42.4 Å². The summed E-state index contributed by atoms with van der Waals surface area (Å²) in [6.07, 6.45) is 7.15. The van der Waals surface area contributed by atoms with Crippen molar-refractivity contribution in [1.29, 1.82) is 0 Å². The third-order valence-corrected chi connectivity index (χ3v) is 5.70. The van der Waals surface area contributed by atoms with Gasteiger partial charge in [0.15, 0.2) is 5.82 Å². The highest BCUT2D eigenvalue weighted by atomic mass is 16.5. The number of hydrogen-bond acceptors (Lipinski definition) is 6. The lowest BCUT2D eigenvalue weighted by molar-refractivity contribution is 0.0433. The van der Waals surface area contributed by atoms with Crippen LogP contribution in [0.1, 0.15) is 57.1 Å². The Labute approximate surface area is 216 Å². The molecule has 0 aliphatic rings. The third kappa shape index (κ3) is 9.68. The van der Waals surface area contributed by atoms with Gasteiger partial charge >= 0.3 is 0 Å². The minimum atomic E-state index is 0.492. The fourth-order valence-electron chi connectivity index (χ4n) is 3.84. The summed E-state index contributed by atoms with van der Waals surface area (Å²) < 4.78 is 18.9. The van der Waals surface area contributed by atoms with E-state index in [0.29, 0.717) is 45.4 Å². The molecule has 0 saturated carbocycles. The molecule has 1 aromatic carbocycles. The van der Waals surface area contributed by atoms with E-state index in [-0.39, 0.29) is 0 Å². The molecular weight excluding hydrogens is 454 g/mol. The number of aliphatic imine (C=N–C) groups is 1. The number of unbranched alkanes of at least 4 members (excludes halogenated alkanes) is 2. The van der Waals surface area contributed by atoms with Gasteiger partial charge in [0.2, 0.25) is 0 Å². The van der Waals surface area contributed by atoms with Crippen molar-refractivity contribution >= 4 is 18.2 Å². The molecule has 0 bridgehead atoms. The largest absolute Gasteiger partial charge is 0.496 e. The second-order valence-electron chi connectivity index (χ2n) is 8.75. The molecule has 0 atom stereocenters. The van der Waals surface area contributed by atoms with Crippen molar-refractivity contribution in [1.82, 2.24) is 9.88 Å². The van der Waals surface area contributed by atoms with Gasteiger partial charge in [0.1, 0.15) is 11.6 Å². The van der Waals surface area contributed by atoms with E-state index < -0.39 is 0 Å². The molecule has 8 heteroatoms. The Bertz CT molecular complexity index is 1050. The smallest absolute Gasteiger partial charge is 0.152 e. The van der Waals surface area contributed by atoms with Crippen molar-refractivity contribution in [2.45, 2.75) is 59.1 Å². The number of methoxy groups -OCH3 is 1. The monoisotopic (exact) mass is 499 g/mol. The number of nitrogens with one attached hydrogen (secondary N) is 1. The predicted octanol–water partition coefficient (Wildman–Crippen LogP) is 2.45. The summed E-state index contributed by atoms with van der Waals surface area (Å²) in [5.74, 6) is 2.21. The normalized spacial score (nSPS) is 12.6. The second-order valence-corrected chi connectivity index (χ2v) is 8.75. The Morgan fingerprint density at radius 2 is 1.89 bits per heavy atom. The fourth-order valence-corrected chi connectivity index (χ4v) is 3.84. The van der Waals surface area contributed by atoms with Gasteiger partial charge < -0.3 is 35.6 Å². The lowest BCUT2D eigenvalue weighted by Gasteiger charge is -2.14. The van der Waals surface area contributed by atoms with Crippen molar-refractivity contribution < 1.29 is 14.2 Å². The van der Waals surface area contributed by atoms with Crippen LogP contribution in [0.2, 0.25) is 0 Å². The molecule has 0 saturated heterocycles. The number of hydrogen-bond donors (Lipinski definition) is 3. The zero-order valence-electron chi connectivity index (χ0n) is 22.4. The van der Waals surface area contributed by atoms with Crippen LogP contribution in [0.25, 0.3) is 12.4 Å². The average molecular weight is 500 g/mol. The van der Waals surface area contributed by atoms with Crippen molar-refractivity contribution in [3.8, 4) is 5.75 Å². The molecule has 1 aromatic heterocycles. The number of benzene rings is 1. The number of amidine groups is 1. The van der Waals surface area contributed by atoms with Crippen molar-refractivity contribution in [2.75, 3.05) is 40.0 Å². The van der Waals surface area contributed by atoms with E-state index in [0.717, 1.165) is 65.5 Å². The van der Waals surface area contributed by atoms with Gasteiger partial charge in [-0.15, -0.1) is 0 Å². The van der Waals surface area contributed by atoms with E-state index in [1.54, 1.807) is 7.11 Å². The molecule has 0 aliphatic carbocycles. The zero-order valence-corrected chi connectivity index (χ0v) is 22.4. The SMILES string of the molecule is C=c1ccn(Cc2ccc(COCCOCCN)cc2OC)/c1=C(/N=C(/N)CCC)NCCCCC. The van der Waals surface area contributed by atoms with Gasteiger partial charge in [0.25, 0.3) is 0 Å². The van der Waals surface area contributed by atoms with Gasteiger partial charge in [-0.25, -0.2) is 4.99 Å². The van der Waals surface area contributed by atoms with Crippen LogP contribution in [-0.4, -0.2) is 50.4 Å². The molecule has 0 amide bonds. The Morgan fingerprint density at radius 1 is 1.08 bits per heavy atom. The van der Waals surface area contributed by atoms with Gasteiger partial charge in [-0.05, 0) is 35.8 Å². The van der Waals surface area contributed by atoms with E-state index in [1.165, 1.54) is 6.42 Å². The lowest BCUT2D eigenvalue weighted by Crippen LogP contribution is -2.36. The Hall–Kier alpha value is -2.81. The second kappa shape index (κ2) is 16.8. The number of nitrogens with zero attached hydrogens (tertiary/aromatic N) is 2. The van der Waals surface area contributed by atoms with Crippen molar-refractivity contribution in [2.24, 2.45) is 16.5 Å². The summed E-state index contributed by atoms with van der Waals surface area (Å²) in [4.78, 5) is 4.76. The molecule has 0 radical (unpaired) electrons. The number of ether oxygens (including phenoxy) is 3. The Morgan fingerprint density at radius 3 is 2.61 bits per heavy atom. The maximum absolute atomic E-state index is 6.22. The maximum Gasteiger partial charge on any atom is 0.152 e. The summed E-state index contributed by atoms with van der Waals surface area (Å²) >= 11 is 0. The summed E-state index contributed by atoms with van der Waals surface area (Å²) in [6, 6.07) is 8.18. The molecule has 0 spiro atoms. The molecule has 36 heavy (non-hydrogen) atoms. The summed E-state index contributed by atoms with van der Waals surface area (Å²) in [5, 5.41) is 5.36. The fraction of sp³-hybridized carbons (Fsp3) is 0.536. The Balaban J connectivity index is 2.27. The molecule has 8 nitrogen and oxygen atoms in total. The molecule has 1 heterocycles. The molecule has 0 aliphatic heterocycles. The van der Waals surface area contributed by atoms with E-state index in [4.69, 9.17) is 30.7 Å². The van der Waals surface area contributed by atoms with Gasteiger partial charge in [-0.3, -0.25) is 0 Å². The summed E-state index contributed by atoms with van der Waals surface area (Å²) in [5.41, 5.74) is 13.8. The Kier molecular flexibility index (Phi) is 13.7. The first-order valence-corrected chi connectivity index (χ1v) is 13.0. The molecule has 5 N–H and O–H groups in total. The summed E-state index contributed by atoms with van der Waals surface area (Å²) in [7, 11) is 1.69. The first-order valence-electron chi connectivity index (χ1n) is 13.0. The highest BCUT2D eigenvalue weighted by Gasteiger charge is 2.10. The lowest BCUT2D eigenvalue weighted by atomic mass is 10.1. The van der Waals surface area contributed by atoms with Crippen LogP contribution in [0.3, 0.4) is 0 Å². The van der Waals surface area contributed by atoms with Gasteiger partial charge in [0.05, 0.1) is 45.4 Å². The molecule has 0 unspecified atom stereocenters. The van der Waals surface area contributed by atoms with Crippen LogP contribution in [0.5, 0.6) is 5.75 Å². The highest BCUT2D eigenvalue weighted by molar-refractivity contribution is 5.83. The minimum Gasteiger partial charge on any atom is -0.496 e. The van der Waals surface area contributed by atoms with Crippen molar-refractivity contribution in [3.05, 3.63) is 52.2 Å². The molecule has 0 fully saturated rings.